The summed E-state index contributed by atoms with van der Waals surface area (Å²) in [5.74, 6) is 0.653. The Bertz CT molecular complexity index is 971. The van der Waals surface area contributed by atoms with Gasteiger partial charge in [-0.05, 0) is 36.6 Å². The number of hydrogen-bond acceptors (Lipinski definition) is 4. The van der Waals surface area contributed by atoms with Crippen LogP contribution in [-0.2, 0) is 4.79 Å². The van der Waals surface area contributed by atoms with E-state index in [0.29, 0.717) is 17.9 Å². The van der Waals surface area contributed by atoms with Gasteiger partial charge in [-0.3, -0.25) is 9.59 Å². The molecular formula is C23H24N2O4. The molecule has 6 nitrogen and oxygen atoms in total. The molecular weight excluding hydrogens is 368 g/mol. The van der Waals surface area contributed by atoms with Gasteiger partial charge in [0.25, 0.3) is 5.91 Å². The molecule has 1 N–H and O–H groups in total. The van der Waals surface area contributed by atoms with Gasteiger partial charge in [-0.25, -0.2) is 0 Å². The van der Waals surface area contributed by atoms with E-state index in [4.69, 9.17) is 4.74 Å². The minimum Gasteiger partial charge on any atom is -0.496 e. The number of para-hydroxylation sites is 2. The van der Waals surface area contributed by atoms with E-state index < -0.39 is 0 Å². The fourth-order valence-electron chi connectivity index (χ4n) is 4.89. The van der Waals surface area contributed by atoms with Crippen LogP contribution in [0.5, 0.6) is 5.75 Å². The molecule has 0 aromatic heterocycles. The number of nitrogens with zero attached hydrogens (tertiary/aromatic N) is 2. The number of carbonyl (C=O) groups excluding carboxylic acids is 2. The van der Waals surface area contributed by atoms with Crippen LogP contribution in [0.1, 0.15) is 34.7 Å². The first-order valence-electron chi connectivity index (χ1n) is 10.1. The van der Waals surface area contributed by atoms with Crippen LogP contribution in [-0.4, -0.2) is 54.2 Å². The summed E-state index contributed by atoms with van der Waals surface area (Å²) in [6, 6.07) is 14.7. The topological polar surface area (TPSA) is 70.1 Å². The maximum absolute atomic E-state index is 13.5. The van der Waals surface area contributed by atoms with Crippen molar-refractivity contribution in [3.8, 4) is 5.75 Å². The molecule has 2 heterocycles. The normalized spacial score (nSPS) is 25.0. The SMILES string of the molecule is COc1ccccc1C(=O)N1C[C@H]2[C@@H](c3ccccc31)[C@H](CO)N2C(=O)C1CC1. The number of amides is 2. The quantitative estimate of drug-likeness (QED) is 0.868. The highest BCUT2D eigenvalue weighted by Gasteiger charge is 2.57. The highest BCUT2D eigenvalue weighted by molar-refractivity contribution is 6.09. The molecule has 3 atom stereocenters. The molecule has 2 amide bonds. The summed E-state index contributed by atoms with van der Waals surface area (Å²) < 4.78 is 5.40. The predicted molar refractivity (Wildman–Crippen MR) is 108 cm³/mol. The summed E-state index contributed by atoms with van der Waals surface area (Å²) in [5.41, 5.74) is 2.37. The van der Waals surface area contributed by atoms with Gasteiger partial charge in [0.15, 0.2) is 0 Å². The van der Waals surface area contributed by atoms with Gasteiger partial charge in [-0.15, -0.1) is 0 Å². The third kappa shape index (κ3) is 2.74. The number of fused-ring (bicyclic) bond motifs is 3. The molecule has 2 aromatic rings. The van der Waals surface area contributed by atoms with E-state index in [2.05, 4.69) is 0 Å². The van der Waals surface area contributed by atoms with Gasteiger partial charge in [-0.2, -0.15) is 0 Å². The first kappa shape index (κ1) is 18.2. The van der Waals surface area contributed by atoms with Gasteiger partial charge < -0.3 is 19.6 Å². The number of aliphatic hydroxyl groups excluding tert-OH is 1. The Morgan fingerprint density at radius 1 is 1.10 bits per heavy atom. The molecule has 0 spiro atoms. The second kappa shape index (κ2) is 6.88. The third-order valence-electron chi connectivity index (χ3n) is 6.45. The Balaban J connectivity index is 1.54. The summed E-state index contributed by atoms with van der Waals surface area (Å²) in [5, 5.41) is 10.0. The van der Waals surface area contributed by atoms with Crippen molar-refractivity contribution >= 4 is 17.5 Å². The largest absolute Gasteiger partial charge is 0.496 e. The summed E-state index contributed by atoms with van der Waals surface area (Å²) >= 11 is 0. The zero-order valence-electron chi connectivity index (χ0n) is 16.3. The van der Waals surface area contributed by atoms with Crippen molar-refractivity contribution in [1.82, 2.24) is 4.90 Å². The van der Waals surface area contributed by atoms with Crippen molar-refractivity contribution in [1.29, 1.82) is 0 Å². The minimum atomic E-state index is -0.210. The van der Waals surface area contributed by atoms with Crippen LogP contribution in [0.25, 0.3) is 0 Å². The van der Waals surface area contributed by atoms with Crippen LogP contribution in [0.2, 0.25) is 0 Å². The van der Waals surface area contributed by atoms with E-state index in [1.165, 1.54) is 0 Å². The summed E-state index contributed by atoms with van der Waals surface area (Å²) in [6.45, 7) is 0.363. The number of carbonyl (C=O) groups is 2. The first-order chi connectivity index (χ1) is 14.2. The molecule has 0 radical (unpaired) electrons. The number of rotatable bonds is 4. The van der Waals surface area contributed by atoms with Gasteiger partial charge in [0.1, 0.15) is 5.75 Å². The van der Waals surface area contributed by atoms with Crippen molar-refractivity contribution in [3.05, 3.63) is 59.7 Å². The highest BCUT2D eigenvalue weighted by atomic mass is 16.5. The Labute approximate surface area is 169 Å². The van der Waals surface area contributed by atoms with Crippen LogP contribution in [0, 0.1) is 5.92 Å². The van der Waals surface area contributed by atoms with E-state index in [1.54, 1.807) is 24.1 Å². The van der Waals surface area contributed by atoms with Gasteiger partial charge in [0.05, 0.1) is 31.4 Å². The van der Waals surface area contributed by atoms with Crippen LogP contribution in [0.3, 0.4) is 0 Å². The average molecular weight is 392 g/mol. The molecule has 0 bridgehead atoms. The summed E-state index contributed by atoms with van der Waals surface area (Å²) in [7, 11) is 1.56. The summed E-state index contributed by atoms with van der Waals surface area (Å²) in [6.07, 6.45) is 1.84. The monoisotopic (exact) mass is 392 g/mol. The van der Waals surface area contributed by atoms with Gasteiger partial charge in [0.2, 0.25) is 5.91 Å². The Hall–Kier alpha value is -2.86. The van der Waals surface area contributed by atoms with Crippen LogP contribution < -0.4 is 9.64 Å². The number of likely N-dealkylation sites (tertiary alicyclic amines) is 1. The molecule has 2 aliphatic heterocycles. The number of methoxy groups -OCH3 is 1. The maximum atomic E-state index is 13.5. The van der Waals surface area contributed by atoms with Gasteiger partial charge in [-0.1, -0.05) is 30.3 Å². The number of anilines is 1. The lowest BCUT2D eigenvalue weighted by Gasteiger charge is -2.59. The van der Waals surface area contributed by atoms with Crippen LogP contribution in [0.4, 0.5) is 5.69 Å². The molecule has 6 heteroatoms. The van der Waals surface area contributed by atoms with Crippen molar-refractivity contribution in [2.24, 2.45) is 5.92 Å². The number of hydrogen-bond donors (Lipinski definition) is 1. The molecule has 29 heavy (non-hydrogen) atoms. The average Bonchev–Trinajstić information content (AvgIpc) is 3.59. The van der Waals surface area contributed by atoms with Gasteiger partial charge >= 0.3 is 0 Å². The molecule has 150 valence electrons. The van der Waals surface area contributed by atoms with Crippen molar-refractivity contribution in [3.63, 3.8) is 0 Å². The molecule has 2 fully saturated rings. The zero-order chi connectivity index (χ0) is 20.1. The van der Waals surface area contributed by atoms with Crippen LogP contribution >= 0.6 is 0 Å². The fourth-order valence-corrected chi connectivity index (χ4v) is 4.89. The molecule has 0 unspecified atom stereocenters. The van der Waals surface area contributed by atoms with Crippen molar-refractivity contribution in [2.45, 2.75) is 30.8 Å². The van der Waals surface area contributed by atoms with Crippen LogP contribution in [0.15, 0.2) is 48.5 Å². The first-order valence-corrected chi connectivity index (χ1v) is 10.1. The Morgan fingerprint density at radius 3 is 2.55 bits per heavy atom. The highest BCUT2D eigenvalue weighted by Crippen LogP contribution is 2.50. The minimum absolute atomic E-state index is 0.0561. The van der Waals surface area contributed by atoms with Crippen molar-refractivity contribution in [2.75, 3.05) is 25.2 Å². The van der Waals surface area contributed by atoms with Crippen molar-refractivity contribution < 1.29 is 19.4 Å². The molecule has 1 saturated carbocycles. The number of benzene rings is 2. The van der Waals surface area contributed by atoms with E-state index in [9.17, 15) is 14.7 Å². The zero-order valence-corrected chi connectivity index (χ0v) is 16.3. The molecule has 1 aliphatic carbocycles. The molecule has 2 aromatic carbocycles. The molecule has 1 saturated heterocycles. The Kier molecular flexibility index (Phi) is 4.32. The number of ether oxygens (including phenoxy) is 1. The van der Waals surface area contributed by atoms with E-state index in [0.717, 1.165) is 24.1 Å². The standard InChI is InChI=1S/C23H24N2O4/c1-29-20-9-5-3-7-16(20)23(28)24-12-18-21(15-6-2-4-8-17(15)24)19(13-26)25(18)22(27)14-10-11-14/h2-9,14,18-19,21,26H,10-13H2,1H3/t18-,19-,21+/m0/s1. The second-order valence-corrected chi connectivity index (χ2v) is 8.04. The maximum Gasteiger partial charge on any atom is 0.262 e. The van der Waals surface area contributed by atoms with E-state index in [1.807, 2.05) is 41.3 Å². The van der Waals surface area contributed by atoms with E-state index in [-0.39, 0.29) is 42.3 Å². The lowest BCUT2D eigenvalue weighted by Crippen LogP contribution is -2.71. The van der Waals surface area contributed by atoms with Gasteiger partial charge in [0, 0.05) is 24.1 Å². The fraction of sp³-hybridized carbons (Fsp3) is 0.391. The lowest BCUT2D eigenvalue weighted by atomic mass is 9.71. The Morgan fingerprint density at radius 2 is 1.83 bits per heavy atom. The second-order valence-electron chi connectivity index (χ2n) is 8.04. The smallest absolute Gasteiger partial charge is 0.262 e. The third-order valence-corrected chi connectivity index (χ3v) is 6.45. The lowest BCUT2D eigenvalue weighted by molar-refractivity contribution is -0.151. The number of aliphatic hydroxyl groups is 1. The summed E-state index contributed by atoms with van der Waals surface area (Å²) in [4.78, 5) is 29.9. The molecule has 5 rings (SSSR count). The van der Waals surface area contributed by atoms with E-state index >= 15 is 0 Å². The molecule has 3 aliphatic rings. The predicted octanol–water partition coefficient (Wildman–Crippen LogP) is 2.42.